The van der Waals surface area contributed by atoms with E-state index in [1.165, 1.54) is 0 Å². The third-order valence-corrected chi connectivity index (χ3v) is 4.71. The molecule has 1 fully saturated rings. The maximum Gasteiger partial charge on any atom is 0.191 e. The number of aromatic nitrogens is 3. The fraction of sp³-hybridized carbons (Fsp3) is 0.550. The van der Waals surface area contributed by atoms with Crippen molar-refractivity contribution in [3.63, 3.8) is 0 Å². The molecule has 0 amide bonds. The summed E-state index contributed by atoms with van der Waals surface area (Å²) in [6, 6.07) is 9.86. The molecule has 1 aromatic carbocycles. The highest BCUT2D eigenvalue weighted by atomic mass is 127. The van der Waals surface area contributed by atoms with Crippen molar-refractivity contribution >= 4 is 29.9 Å². The van der Waals surface area contributed by atoms with Crippen LogP contribution in [0, 0.1) is 6.92 Å². The van der Waals surface area contributed by atoms with Crippen molar-refractivity contribution in [1.82, 2.24) is 25.4 Å². The number of benzene rings is 1. The Bertz CT molecular complexity index is 747. The maximum atomic E-state index is 5.73. The molecule has 0 aliphatic carbocycles. The first-order chi connectivity index (χ1) is 13.7. The van der Waals surface area contributed by atoms with Crippen LogP contribution in [0.15, 0.2) is 35.3 Å². The van der Waals surface area contributed by atoms with Crippen molar-refractivity contribution in [2.24, 2.45) is 12.0 Å². The zero-order valence-corrected chi connectivity index (χ0v) is 19.5. The molecule has 9 heteroatoms. The standard InChI is InChI=1S/C20H30N6O2.HI/c1-16-24-25-19(26(16)2)15-23-20(22-14-18-10-6-12-28-18)21-11-7-13-27-17-8-4-3-5-9-17;/h3-5,8-9,18H,6-7,10-15H2,1-2H3,(H2,21,22,23);1H. The molecule has 2 heterocycles. The van der Waals surface area contributed by atoms with Crippen LogP contribution in [-0.4, -0.2) is 53.1 Å². The summed E-state index contributed by atoms with van der Waals surface area (Å²) < 4.78 is 13.4. The zero-order valence-electron chi connectivity index (χ0n) is 17.1. The van der Waals surface area contributed by atoms with Gasteiger partial charge in [0.1, 0.15) is 18.1 Å². The number of para-hydroxylation sites is 1. The van der Waals surface area contributed by atoms with Crippen LogP contribution in [0.2, 0.25) is 0 Å². The highest BCUT2D eigenvalue weighted by molar-refractivity contribution is 14.0. The molecule has 2 aromatic rings. The summed E-state index contributed by atoms with van der Waals surface area (Å²) in [6.07, 6.45) is 3.35. The van der Waals surface area contributed by atoms with Crippen LogP contribution < -0.4 is 15.4 Å². The van der Waals surface area contributed by atoms with E-state index in [0.29, 0.717) is 13.2 Å². The Morgan fingerprint density at radius 1 is 1.28 bits per heavy atom. The molecule has 2 N–H and O–H groups in total. The predicted octanol–water partition coefficient (Wildman–Crippen LogP) is 2.42. The van der Waals surface area contributed by atoms with Crippen molar-refractivity contribution < 1.29 is 9.47 Å². The first-order valence-electron chi connectivity index (χ1n) is 9.89. The first-order valence-corrected chi connectivity index (χ1v) is 9.89. The number of guanidine groups is 1. The lowest BCUT2D eigenvalue weighted by Crippen LogP contribution is -2.41. The molecular formula is C20H31IN6O2. The van der Waals surface area contributed by atoms with Gasteiger partial charge in [0.2, 0.25) is 0 Å². The number of aliphatic imine (C=N–C) groups is 1. The van der Waals surface area contributed by atoms with Crippen LogP contribution in [0.3, 0.4) is 0 Å². The minimum atomic E-state index is 0. The summed E-state index contributed by atoms with van der Waals surface area (Å²) in [6.45, 7) is 5.42. The lowest BCUT2D eigenvalue weighted by Gasteiger charge is -2.15. The number of ether oxygens (including phenoxy) is 2. The number of nitrogens with zero attached hydrogens (tertiary/aromatic N) is 4. The van der Waals surface area contributed by atoms with E-state index in [1.54, 1.807) is 0 Å². The molecule has 1 aliphatic rings. The van der Waals surface area contributed by atoms with E-state index in [9.17, 15) is 0 Å². The van der Waals surface area contributed by atoms with Crippen molar-refractivity contribution in [2.75, 3.05) is 26.3 Å². The number of halogens is 1. The van der Waals surface area contributed by atoms with Gasteiger partial charge in [-0.1, -0.05) is 18.2 Å². The largest absolute Gasteiger partial charge is 0.494 e. The minimum Gasteiger partial charge on any atom is -0.494 e. The van der Waals surface area contributed by atoms with Crippen LogP contribution in [0.4, 0.5) is 0 Å². The van der Waals surface area contributed by atoms with Gasteiger partial charge in [-0.05, 0) is 38.3 Å². The van der Waals surface area contributed by atoms with Crippen molar-refractivity contribution in [3.05, 3.63) is 42.0 Å². The van der Waals surface area contributed by atoms with Gasteiger partial charge in [-0.2, -0.15) is 0 Å². The van der Waals surface area contributed by atoms with Crippen LogP contribution in [0.5, 0.6) is 5.75 Å². The average Bonchev–Trinajstić information content (AvgIpc) is 3.35. The SMILES string of the molecule is Cc1nnc(CN=C(NCCCOc2ccccc2)NCC2CCCO2)n1C.I. The molecule has 1 unspecified atom stereocenters. The molecule has 1 saturated heterocycles. The molecule has 29 heavy (non-hydrogen) atoms. The molecule has 1 aliphatic heterocycles. The third-order valence-electron chi connectivity index (χ3n) is 4.71. The summed E-state index contributed by atoms with van der Waals surface area (Å²) in [4.78, 5) is 4.66. The van der Waals surface area contributed by atoms with Crippen LogP contribution in [0.1, 0.15) is 30.9 Å². The number of hydrogen-bond donors (Lipinski definition) is 2. The summed E-state index contributed by atoms with van der Waals surface area (Å²) in [5.41, 5.74) is 0. The van der Waals surface area contributed by atoms with Gasteiger partial charge >= 0.3 is 0 Å². The van der Waals surface area contributed by atoms with Gasteiger partial charge in [-0.15, -0.1) is 34.2 Å². The summed E-state index contributed by atoms with van der Waals surface area (Å²) in [7, 11) is 1.95. The second-order valence-electron chi connectivity index (χ2n) is 6.85. The molecule has 0 spiro atoms. The van der Waals surface area contributed by atoms with E-state index in [1.807, 2.05) is 48.9 Å². The fourth-order valence-corrected chi connectivity index (χ4v) is 2.91. The second kappa shape index (κ2) is 12.6. The molecule has 3 rings (SSSR count). The van der Waals surface area contributed by atoms with E-state index in [2.05, 4.69) is 25.8 Å². The number of aryl methyl sites for hydroxylation is 1. The van der Waals surface area contributed by atoms with Gasteiger partial charge in [-0.25, -0.2) is 4.99 Å². The molecular weight excluding hydrogens is 483 g/mol. The molecule has 8 nitrogen and oxygen atoms in total. The van der Waals surface area contributed by atoms with Crippen LogP contribution in [0.25, 0.3) is 0 Å². The Labute approximate surface area is 189 Å². The highest BCUT2D eigenvalue weighted by Crippen LogP contribution is 2.10. The van der Waals surface area contributed by atoms with Gasteiger partial charge in [0.25, 0.3) is 0 Å². The molecule has 1 atom stereocenters. The second-order valence-corrected chi connectivity index (χ2v) is 6.85. The normalized spacial score (nSPS) is 16.3. The Balaban J connectivity index is 0.00000300. The van der Waals surface area contributed by atoms with Crippen molar-refractivity contribution in [3.8, 4) is 5.75 Å². The lowest BCUT2D eigenvalue weighted by molar-refractivity contribution is 0.113. The van der Waals surface area contributed by atoms with Crippen molar-refractivity contribution in [2.45, 2.75) is 38.8 Å². The van der Waals surface area contributed by atoms with Gasteiger partial charge in [-0.3, -0.25) is 0 Å². The van der Waals surface area contributed by atoms with E-state index in [-0.39, 0.29) is 30.1 Å². The van der Waals surface area contributed by atoms with E-state index in [4.69, 9.17) is 9.47 Å². The highest BCUT2D eigenvalue weighted by Gasteiger charge is 2.15. The van der Waals surface area contributed by atoms with Gasteiger partial charge in [0.05, 0.1) is 12.7 Å². The molecule has 0 radical (unpaired) electrons. The minimum absolute atomic E-state index is 0. The number of nitrogens with one attached hydrogen (secondary N) is 2. The molecule has 0 bridgehead atoms. The Morgan fingerprint density at radius 3 is 2.79 bits per heavy atom. The average molecular weight is 514 g/mol. The Hall–Kier alpha value is -1.88. The molecule has 0 saturated carbocycles. The van der Waals surface area contributed by atoms with E-state index in [0.717, 1.165) is 62.3 Å². The lowest BCUT2D eigenvalue weighted by atomic mass is 10.2. The maximum absolute atomic E-state index is 5.73. The number of hydrogen-bond acceptors (Lipinski definition) is 5. The zero-order chi connectivity index (χ0) is 19.6. The Kier molecular flexibility index (Phi) is 10.2. The molecule has 160 valence electrons. The van der Waals surface area contributed by atoms with Crippen LogP contribution >= 0.6 is 24.0 Å². The first kappa shape index (κ1) is 23.4. The Morgan fingerprint density at radius 2 is 2.10 bits per heavy atom. The predicted molar refractivity (Wildman–Crippen MR) is 124 cm³/mol. The van der Waals surface area contributed by atoms with Crippen LogP contribution in [-0.2, 0) is 18.3 Å². The molecule has 1 aromatic heterocycles. The third kappa shape index (κ3) is 7.81. The van der Waals surface area contributed by atoms with Gasteiger partial charge < -0.3 is 24.7 Å². The summed E-state index contributed by atoms with van der Waals surface area (Å²) >= 11 is 0. The summed E-state index contributed by atoms with van der Waals surface area (Å²) in [5, 5.41) is 15.0. The number of rotatable bonds is 9. The van der Waals surface area contributed by atoms with E-state index < -0.39 is 0 Å². The van der Waals surface area contributed by atoms with E-state index >= 15 is 0 Å². The quantitative estimate of drug-likeness (QED) is 0.232. The summed E-state index contributed by atoms with van der Waals surface area (Å²) in [5.74, 6) is 3.37. The monoisotopic (exact) mass is 514 g/mol. The topological polar surface area (TPSA) is 85.6 Å². The van der Waals surface area contributed by atoms with Gasteiger partial charge in [0.15, 0.2) is 11.8 Å². The van der Waals surface area contributed by atoms with Gasteiger partial charge in [0, 0.05) is 26.7 Å². The smallest absolute Gasteiger partial charge is 0.191 e. The van der Waals surface area contributed by atoms with Crippen molar-refractivity contribution in [1.29, 1.82) is 0 Å². The fourth-order valence-electron chi connectivity index (χ4n) is 2.91.